The summed E-state index contributed by atoms with van der Waals surface area (Å²) >= 11 is 1.44. The van der Waals surface area contributed by atoms with Crippen molar-refractivity contribution in [1.82, 2.24) is 10.2 Å². The number of carbonyl (C=O) groups is 2. The Labute approximate surface area is 233 Å². The number of amides is 2. The Kier molecular flexibility index (Phi) is 8.33. The van der Waals surface area contributed by atoms with Gasteiger partial charge in [-0.3, -0.25) is 14.5 Å². The molecule has 1 saturated heterocycles. The zero-order valence-corrected chi connectivity index (χ0v) is 23.1. The van der Waals surface area contributed by atoms with Gasteiger partial charge in [0.25, 0.3) is 11.8 Å². The lowest BCUT2D eigenvalue weighted by Gasteiger charge is -2.36. The van der Waals surface area contributed by atoms with E-state index in [1.54, 1.807) is 24.1 Å². The third kappa shape index (κ3) is 6.34. The molecule has 0 aliphatic carbocycles. The van der Waals surface area contributed by atoms with Crippen molar-refractivity contribution in [3.05, 3.63) is 94.1 Å². The Balaban J connectivity index is 1.12. The first-order chi connectivity index (χ1) is 18.9. The van der Waals surface area contributed by atoms with E-state index in [4.69, 9.17) is 0 Å². The molecule has 8 heteroatoms. The van der Waals surface area contributed by atoms with Crippen molar-refractivity contribution < 1.29 is 14.0 Å². The fourth-order valence-electron chi connectivity index (χ4n) is 4.97. The minimum atomic E-state index is -0.177. The van der Waals surface area contributed by atoms with Crippen LogP contribution >= 0.6 is 11.8 Å². The summed E-state index contributed by atoms with van der Waals surface area (Å²) in [5.41, 5.74) is 4.08. The number of para-hydroxylation sites is 1. The number of likely N-dealkylation sites (N-methyl/N-ethyl adjacent to an activating group) is 1. The van der Waals surface area contributed by atoms with Gasteiger partial charge >= 0.3 is 0 Å². The lowest BCUT2D eigenvalue weighted by atomic mass is 10.1. The molecule has 0 aromatic heterocycles. The third-order valence-electron chi connectivity index (χ3n) is 7.16. The monoisotopic (exact) mass is 544 g/mol. The standard InChI is InChI=1S/C31H33FN4O2S/c1-22-7-5-8-23(19-22)20-29-31(38)34(2)27-21-24(11-12-28(27)39-29)30(37)33-13-6-14-35-15-17-36(18-16-35)26-10-4-3-9-25(26)32/h3-5,7-12,19-21H,6,13-18H2,1-2H3,(H,33,37)/b29-20+. The van der Waals surface area contributed by atoms with Crippen molar-refractivity contribution in [1.29, 1.82) is 0 Å². The van der Waals surface area contributed by atoms with Gasteiger partial charge < -0.3 is 15.1 Å². The lowest BCUT2D eigenvalue weighted by molar-refractivity contribution is -0.114. The van der Waals surface area contributed by atoms with Crippen LogP contribution < -0.4 is 15.1 Å². The third-order valence-corrected chi connectivity index (χ3v) is 8.24. The zero-order chi connectivity index (χ0) is 27.4. The minimum Gasteiger partial charge on any atom is -0.367 e. The number of nitrogens with one attached hydrogen (secondary N) is 1. The lowest BCUT2D eigenvalue weighted by Crippen LogP contribution is -2.47. The van der Waals surface area contributed by atoms with Crippen LogP contribution in [0.3, 0.4) is 0 Å². The Morgan fingerprint density at radius 1 is 1.00 bits per heavy atom. The van der Waals surface area contributed by atoms with Crippen LogP contribution in [0.1, 0.15) is 27.9 Å². The molecule has 6 nitrogen and oxygen atoms in total. The van der Waals surface area contributed by atoms with Crippen LogP contribution in [0, 0.1) is 12.7 Å². The van der Waals surface area contributed by atoms with Gasteiger partial charge in [0.2, 0.25) is 0 Å². The molecule has 0 spiro atoms. The van der Waals surface area contributed by atoms with E-state index in [-0.39, 0.29) is 17.6 Å². The molecule has 0 bridgehead atoms. The molecule has 3 aromatic rings. The number of rotatable bonds is 7. The number of carbonyl (C=O) groups excluding carboxylic acids is 2. The highest BCUT2D eigenvalue weighted by atomic mass is 32.2. The Morgan fingerprint density at radius 2 is 1.79 bits per heavy atom. The summed E-state index contributed by atoms with van der Waals surface area (Å²) in [6.07, 6.45) is 2.75. The van der Waals surface area contributed by atoms with E-state index in [0.717, 1.165) is 60.9 Å². The fraction of sp³-hybridized carbons (Fsp3) is 0.290. The summed E-state index contributed by atoms with van der Waals surface area (Å²) in [6.45, 7) is 6.78. The van der Waals surface area contributed by atoms with Crippen molar-refractivity contribution in [3.63, 3.8) is 0 Å². The number of fused-ring (bicyclic) bond motifs is 1. The molecule has 3 aromatic carbocycles. The topological polar surface area (TPSA) is 55.9 Å². The highest BCUT2D eigenvalue weighted by Gasteiger charge is 2.27. The number of aryl methyl sites for hydroxylation is 1. The van der Waals surface area contributed by atoms with Crippen molar-refractivity contribution in [2.24, 2.45) is 0 Å². The maximum atomic E-state index is 14.1. The van der Waals surface area contributed by atoms with E-state index in [1.165, 1.54) is 17.8 Å². The van der Waals surface area contributed by atoms with Gasteiger partial charge in [-0.2, -0.15) is 0 Å². The molecular weight excluding hydrogens is 511 g/mol. The Hall–Kier alpha value is -3.62. The number of nitrogens with zero attached hydrogens (tertiary/aromatic N) is 3. The quantitative estimate of drug-likeness (QED) is 0.328. The number of hydrogen-bond acceptors (Lipinski definition) is 5. The summed E-state index contributed by atoms with van der Waals surface area (Å²) in [5, 5.41) is 3.01. The normalized spacial score (nSPS) is 16.9. The molecule has 2 heterocycles. The number of thioether (sulfide) groups is 1. The van der Waals surface area contributed by atoms with Gasteiger partial charge in [0.15, 0.2) is 0 Å². The second-order valence-corrected chi connectivity index (χ2v) is 11.0. The second-order valence-electron chi connectivity index (χ2n) is 9.96. The van der Waals surface area contributed by atoms with Gasteiger partial charge in [-0.1, -0.05) is 53.7 Å². The van der Waals surface area contributed by atoms with Gasteiger partial charge in [0, 0.05) is 50.2 Å². The molecule has 39 heavy (non-hydrogen) atoms. The second kappa shape index (κ2) is 12.1. The first kappa shape index (κ1) is 27.0. The number of anilines is 2. The van der Waals surface area contributed by atoms with Gasteiger partial charge in [-0.15, -0.1) is 0 Å². The molecule has 2 amide bonds. The number of piperazine rings is 1. The molecule has 2 aliphatic heterocycles. The maximum Gasteiger partial charge on any atom is 0.264 e. The van der Waals surface area contributed by atoms with Crippen LogP contribution in [0.15, 0.2) is 76.5 Å². The predicted octanol–water partition coefficient (Wildman–Crippen LogP) is 5.19. The van der Waals surface area contributed by atoms with Crippen LogP contribution in [-0.4, -0.2) is 63.0 Å². The number of halogens is 1. The van der Waals surface area contributed by atoms with E-state index in [2.05, 4.69) is 21.2 Å². The van der Waals surface area contributed by atoms with E-state index in [1.807, 2.05) is 55.5 Å². The molecule has 1 N–H and O–H groups in total. The Morgan fingerprint density at radius 3 is 2.56 bits per heavy atom. The van der Waals surface area contributed by atoms with Gasteiger partial charge in [-0.05, 0) is 61.9 Å². The SMILES string of the molecule is Cc1cccc(/C=C2/Sc3ccc(C(=O)NCCCN4CCN(c5ccccc5F)CC4)cc3N(C)C2=O)c1. The summed E-state index contributed by atoms with van der Waals surface area (Å²) in [5.74, 6) is -0.403. The van der Waals surface area contributed by atoms with Crippen LogP contribution in [0.4, 0.5) is 15.8 Å². The Bertz CT molecular complexity index is 1400. The maximum absolute atomic E-state index is 14.1. The van der Waals surface area contributed by atoms with Crippen LogP contribution in [0.2, 0.25) is 0 Å². The summed E-state index contributed by atoms with van der Waals surface area (Å²) in [7, 11) is 1.75. The molecule has 0 unspecified atom stereocenters. The van der Waals surface area contributed by atoms with Crippen LogP contribution in [-0.2, 0) is 4.79 Å². The van der Waals surface area contributed by atoms with Crippen molar-refractivity contribution in [3.8, 4) is 0 Å². The predicted molar refractivity (Wildman–Crippen MR) is 157 cm³/mol. The van der Waals surface area contributed by atoms with Gasteiger partial charge in [0.1, 0.15) is 5.82 Å². The smallest absolute Gasteiger partial charge is 0.264 e. The number of hydrogen-bond donors (Lipinski definition) is 1. The molecule has 1 fully saturated rings. The average Bonchev–Trinajstić information content (AvgIpc) is 2.94. The van der Waals surface area contributed by atoms with Gasteiger partial charge in [-0.25, -0.2) is 4.39 Å². The van der Waals surface area contributed by atoms with E-state index in [9.17, 15) is 14.0 Å². The highest BCUT2D eigenvalue weighted by molar-refractivity contribution is 8.04. The average molecular weight is 545 g/mol. The van der Waals surface area contributed by atoms with E-state index < -0.39 is 0 Å². The van der Waals surface area contributed by atoms with Gasteiger partial charge in [0.05, 0.1) is 16.3 Å². The zero-order valence-electron chi connectivity index (χ0n) is 22.3. The van der Waals surface area contributed by atoms with Crippen molar-refractivity contribution in [2.45, 2.75) is 18.2 Å². The highest BCUT2D eigenvalue weighted by Crippen LogP contribution is 2.42. The first-order valence-electron chi connectivity index (χ1n) is 13.3. The molecular formula is C31H33FN4O2S. The largest absolute Gasteiger partial charge is 0.367 e. The molecule has 2 aliphatic rings. The fourth-order valence-corrected chi connectivity index (χ4v) is 6.07. The summed E-state index contributed by atoms with van der Waals surface area (Å²) < 4.78 is 14.1. The first-order valence-corrected chi connectivity index (χ1v) is 14.1. The van der Waals surface area contributed by atoms with Crippen LogP contribution in [0.25, 0.3) is 6.08 Å². The summed E-state index contributed by atoms with van der Waals surface area (Å²) in [4.78, 5) is 33.6. The molecule has 0 atom stereocenters. The summed E-state index contributed by atoms with van der Waals surface area (Å²) in [6, 6.07) is 20.5. The van der Waals surface area contributed by atoms with E-state index in [0.29, 0.717) is 22.7 Å². The minimum absolute atomic E-state index is 0.0818. The van der Waals surface area contributed by atoms with E-state index >= 15 is 0 Å². The molecule has 5 rings (SSSR count). The van der Waals surface area contributed by atoms with Crippen molar-refractivity contribution in [2.75, 3.05) is 56.1 Å². The molecule has 202 valence electrons. The molecule has 0 saturated carbocycles. The van der Waals surface area contributed by atoms with Crippen LogP contribution in [0.5, 0.6) is 0 Å². The number of benzene rings is 3. The van der Waals surface area contributed by atoms with Crippen molar-refractivity contribution >= 4 is 41.0 Å². The molecule has 0 radical (unpaired) electrons.